The number of hydrogen-bond acceptors (Lipinski definition) is 7. The molecule has 0 spiro atoms. The molecule has 0 bridgehead atoms. The molecule has 0 saturated heterocycles. The van der Waals surface area contributed by atoms with Crippen LogP contribution in [0.15, 0.2) is 75.6 Å². The van der Waals surface area contributed by atoms with Crippen LogP contribution in [0.25, 0.3) is 25.6 Å². The van der Waals surface area contributed by atoms with E-state index in [4.69, 9.17) is 4.84 Å². The van der Waals surface area contributed by atoms with Gasteiger partial charge in [-0.15, -0.1) is 45.8 Å². The zero-order valence-electron chi connectivity index (χ0n) is 36.5. The molecule has 1 aliphatic rings. The molecule has 59 heavy (non-hydrogen) atoms. The molecule has 5 rings (SSSR count). The Hall–Kier alpha value is -2.45. The summed E-state index contributed by atoms with van der Waals surface area (Å²) in [5.74, 6) is 1.24. The number of unbranched alkanes of at least 4 members (excludes halogenated alkanes) is 24. The van der Waals surface area contributed by atoms with Crippen LogP contribution in [0.5, 0.6) is 0 Å². The van der Waals surface area contributed by atoms with E-state index in [0.717, 1.165) is 23.3 Å². The van der Waals surface area contributed by atoms with Gasteiger partial charge in [-0.05, 0) is 67.5 Å². The van der Waals surface area contributed by atoms with Crippen molar-refractivity contribution in [2.24, 2.45) is 5.16 Å². The van der Waals surface area contributed by atoms with Gasteiger partial charge in [0.05, 0.1) is 9.78 Å². The fourth-order valence-electron chi connectivity index (χ4n) is 7.94. The maximum Gasteiger partial charge on any atom is 0.196 e. The molecule has 4 aromatic rings. The molecular weight excluding hydrogens is 799 g/mol. The first-order chi connectivity index (χ1) is 29.2. The van der Waals surface area contributed by atoms with E-state index in [-0.39, 0.29) is 5.78 Å². The van der Waals surface area contributed by atoms with E-state index >= 15 is 0 Å². The van der Waals surface area contributed by atoms with E-state index in [2.05, 4.69) is 55.4 Å². The Morgan fingerprint density at radius 3 is 1.54 bits per heavy atom. The maximum atomic E-state index is 13.6. The summed E-state index contributed by atoms with van der Waals surface area (Å²) in [6.07, 6.45) is 37.5. The fraction of sp³-hybridized carbons (Fsp3) is 0.577. The SMILES string of the molecule is CCCCCCCCCCCCCCCCCCSc1ccc(-c2ccc(-c3ccc(/C=C4\C(=O)c5ccccc5\C4=N/OCCCCCCCCCCCC)s3)s2)s1. The second-order valence-electron chi connectivity index (χ2n) is 16.5. The number of fused-ring (bicyclic) bond motifs is 1. The maximum absolute atomic E-state index is 13.6. The Bertz CT molecular complexity index is 1810. The lowest BCUT2D eigenvalue weighted by molar-refractivity contribution is 0.104. The van der Waals surface area contributed by atoms with Crippen LogP contribution in [0.2, 0.25) is 0 Å². The standard InChI is InChI=1S/C52H73NO2S4/c1-3-5-7-9-11-13-15-16-17-18-19-20-22-24-26-30-40-56-50-38-37-49(59-50)48-36-35-47(58-48)46-34-33-42(57-46)41-45-51(43-31-27-28-32-44(43)52(45)54)53-55-39-29-25-23-21-14-12-10-8-6-4-2/h27-28,31-38,41H,3-26,29-30,39-40H2,1-2H3/b45-41-,53-51+. The van der Waals surface area contributed by atoms with Crippen molar-refractivity contribution in [2.45, 2.75) is 185 Å². The third-order valence-corrected chi connectivity index (χ3v) is 16.4. The molecule has 1 aromatic carbocycles. The Balaban J connectivity index is 1.00. The van der Waals surface area contributed by atoms with Crippen molar-refractivity contribution in [3.05, 3.63) is 82.2 Å². The summed E-state index contributed by atoms with van der Waals surface area (Å²) in [6, 6.07) is 21.2. The number of carbonyl (C=O) groups is 1. The van der Waals surface area contributed by atoms with Crippen molar-refractivity contribution in [1.29, 1.82) is 0 Å². The normalized spacial score (nSPS) is 14.0. The molecule has 322 valence electrons. The molecule has 0 aliphatic heterocycles. The summed E-state index contributed by atoms with van der Waals surface area (Å²) in [5.41, 5.74) is 2.85. The topological polar surface area (TPSA) is 38.7 Å². The molecule has 0 N–H and O–H groups in total. The van der Waals surface area contributed by atoms with Gasteiger partial charge in [0.25, 0.3) is 0 Å². The third kappa shape index (κ3) is 17.1. The number of thiophene rings is 3. The van der Waals surface area contributed by atoms with Crippen LogP contribution in [0.3, 0.4) is 0 Å². The van der Waals surface area contributed by atoms with Gasteiger partial charge in [0.2, 0.25) is 0 Å². The highest BCUT2D eigenvalue weighted by Crippen LogP contribution is 2.42. The number of hydrogen-bond donors (Lipinski definition) is 0. The van der Waals surface area contributed by atoms with E-state index in [0.29, 0.717) is 23.5 Å². The van der Waals surface area contributed by atoms with Crippen molar-refractivity contribution in [1.82, 2.24) is 0 Å². The van der Waals surface area contributed by atoms with Crippen molar-refractivity contribution < 1.29 is 9.63 Å². The van der Waals surface area contributed by atoms with E-state index in [9.17, 15) is 4.79 Å². The van der Waals surface area contributed by atoms with Gasteiger partial charge in [-0.1, -0.05) is 191 Å². The molecule has 1 aliphatic carbocycles. The van der Waals surface area contributed by atoms with Crippen LogP contribution >= 0.6 is 45.8 Å². The summed E-state index contributed by atoms with van der Waals surface area (Å²) in [6.45, 7) is 5.15. The number of oxime groups is 1. The monoisotopic (exact) mass is 871 g/mol. The summed E-state index contributed by atoms with van der Waals surface area (Å²) >= 11 is 7.54. The largest absolute Gasteiger partial charge is 0.395 e. The minimum atomic E-state index is 0.0245. The molecule has 3 aromatic heterocycles. The highest BCUT2D eigenvalue weighted by Gasteiger charge is 2.32. The zero-order valence-corrected chi connectivity index (χ0v) is 39.8. The van der Waals surface area contributed by atoms with Crippen LogP contribution in [0.4, 0.5) is 0 Å². The average Bonchev–Trinajstić information content (AvgIpc) is 4.08. The number of nitrogens with zero attached hydrogens (tertiary/aromatic N) is 1. The first kappa shape index (κ1) is 47.6. The molecule has 0 unspecified atom stereocenters. The zero-order chi connectivity index (χ0) is 41.2. The minimum absolute atomic E-state index is 0.0245. The van der Waals surface area contributed by atoms with E-state index in [1.807, 2.05) is 64.8 Å². The molecular formula is C52H73NO2S4. The van der Waals surface area contributed by atoms with Gasteiger partial charge in [-0.25, -0.2) is 0 Å². The summed E-state index contributed by atoms with van der Waals surface area (Å²) < 4.78 is 1.42. The minimum Gasteiger partial charge on any atom is -0.395 e. The van der Waals surface area contributed by atoms with Gasteiger partial charge in [-0.2, -0.15) is 0 Å². The molecule has 0 atom stereocenters. The van der Waals surface area contributed by atoms with Crippen LogP contribution in [0, 0.1) is 0 Å². The van der Waals surface area contributed by atoms with Gasteiger partial charge >= 0.3 is 0 Å². The van der Waals surface area contributed by atoms with Crippen molar-refractivity contribution >= 4 is 63.3 Å². The van der Waals surface area contributed by atoms with Crippen molar-refractivity contribution in [3.63, 3.8) is 0 Å². The average molecular weight is 872 g/mol. The molecule has 0 fully saturated rings. The lowest BCUT2D eigenvalue weighted by Crippen LogP contribution is -2.03. The summed E-state index contributed by atoms with van der Waals surface area (Å²) in [4.78, 5) is 25.6. The quantitative estimate of drug-likeness (QED) is 0.0207. The number of rotatable bonds is 33. The Kier molecular flexibility index (Phi) is 23.4. The Morgan fingerprint density at radius 2 is 0.966 bits per heavy atom. The van der Waals surface area contributed by atoms with Crippen molar-refractivity contribution in [2.75, 3.05) is 12.4 Å². The molecule has 0 radical (unpaired) electrons. The highest BCUT2D eigenvalue weighted by molar-refractivity contribution is 8.01. The van der Waals surface area contributed by atoms with Gasteiger partial charge in [0, 0.05) is 35.5 Å². The fourth-order valence-corrected chi connectivity index (χ4v) is 12.3. The second-order valence-corrected chi connectivity index (χ2v) is 21.2. The summed E-state index contributed by atoms with van der Waals surface area (Å²) in [5, 5.41) is 4.57. The summed E-state index contributed by atoms with van der Waals surface area (Å²) in [7, 11) is 0. The molecule has 0 amide bonds. The number of carbonyl (C=O) groups excluding carboxylic acids is 1. The molecule has 0 saturated carbocycles. The van der Waals surface area contributed by atoms with Gasteiger partial charge in [-0.3, -0.25) is 4.79 Å². The van der Waals surface area contributed by atoms with Crippen LogP contribution in [-0.2, 0) is 4.84 Å². The number of ketones is 1. The predicted octanol–water partition coefficient (Wildman–Crippen LogP) is 18.5. The molecule has 7 heteroatoms. The van der Waals surface area contributed by atoms with Crippen LogP contribution in [-0.4, -0.2) is 23.9 Å². The molecule has 3 nitrogen and oxygen atoms in total. The second kappa shape index (κ2) is 29.0. The predicted molar refractivity (Wildman–Crippen MR) is 264 cm³/mol. The lowest BCUT2D eigenvalue weighted by Gasteiger charge is -2.04. The van der Waals surface area contributed by atoms with Gasteiger partial charge in [0.15, 0.2) is 5.78 Å². The van der Waals surface area contributed by atoms with E-state index < -0.39 is 0 Å². The number of benzene rings is 1. The van der Waals surface area contributed by atoms with E-state index in [1.54, 1.807) is 11.3 Å². The number of thioether (sulfide) groups is 1. The third-order valence-electron chi connectivity index (χ3n) is 11.5. The van der Waals surface area contributed by atoms with Crippen LogP contribution in [0.1, 0.15) is 202 Å². The van der Waals surface area contributed by atoms with Gasteiger partial charge in [0.1, 0.15) is 12.3 Å². The van der Waals surface area contributed by atoms with Crippen molar-refractivity contribution in [3.8, 4) is 19.5 Å². The Labute approximate surface area is 374 Å². The van der Waals surface area contributed by atoms with Crippen LogP contribution < -0.4 is 0 Å². The lowest BCUT2D eigenvalue weighted by atomic mass is 10.0. The highest BCUT2D eigenvalue weighted by atomic mass is 32.2. The Morgan fingerprint density at radius 1 is 0.508 bits per heavy atom. The van der Waals surface area contributed by atoms with Gasteiger partial charge < -0.3 is 4.84 Å². The first-order valence-electron chi connectivity index (χ1n) is 23.7. The molecule has 3 heterocycles. The number of Topliss-reactive ketones (excluding diaryl/α,β-unsaturated/α-hetero) is 1. The number of allylic oxidation sites excluding steroid dienone is 1. The smallest absolute Gasteiger partial charge is 0.196 e. The first-order valence-corrected chi connectivity index (χ1v) is 27.1. The van der Waals surface area contributed by atoms with E-state index in [1.165, 1.54) is 184 Å².